The van der Waals surface area contributed by atoms with Crippen LogP contribution in [0.25, 0.3) is 0 Å². The van der Waals surface area contributed by atoms with Crippen molar-refractivity contribution in [2.45, 2.75) is 18.6 Å². The zero-order valence-corrected chi connectivity index (χ0v) is 10.8. The summed E-state index contributed by atoms with van der Waals surface area (Å²) in [5, 5.41) is 18.0. The van der Waals surface area contributed by atoms with E-state index in [1.54, 1.807) is 7.11 Å². The third-order valence-electron chi connectivity index (χ3n) is 1.94. The Morgan fingerprint density at radius 2 is 2.18 bits per heavy atom. The first-order chi connectivity index (χ1) is 8.07. The first kappa shape index (κ1) is 16.7. The highest BCUT2D eigenvalue weighted by Crippen LogP contribution is 2.06. The van der Waals surface area contributed by atoms with Crippen molar-refractivity contribution < 1.29 is 24.5 Å². The maximum Gasteiger partial charge on any atom is 0.320 e. The molecule has 0 saturated carbocycles. The van der Waals surface area contributed by atoms with Gasteiger partial charge in [-0.3, -0.25) is 4.79 Å². The van der Waals surface area contributed by atoms with Gasteiger partial charge in [0.25, 0.3) is 0 Å². The van der Waals surface area contributed by atoms with Crippen LogP contribution in [0, 0.1) is 0 Å². The molecule has 0 rings (SSSR count). The van der Waals surface area contributed by atoms with Gasteiger partial charge in [-0.2, -0.15) is 11.8 Å². The molecule has 0 saturated heterocycles. The number of rotatable bonds is 11. The van der Waals surface area contributed by atoms with Crippen LogP contribution in [0.15, 0.2) is 0 Å². The maximum absolute atomic E-state index is 10.4. The second kappa shape index (κ2) is 10.8. The predicted octanol–water partition coefficient (Wildman–Crippen LogP) is -0.454. The first-order valence-corrected chi connectivity index (χ1v) is 6.54. The number of carboxylic acids is 1. The van der Waals surface area contributed by atoms with Crippen LogP contribution in [-0.4, -0.2) is 66.8 Å². The van der Waals surface area contributed by atoms with Crippen LogP contribution in [0.5, 0.6) is 0 Å². The lowest BCUT2D eigenvalue weighted by Gasteiger charge is -2.11. The third-order valence-corrected chi connectivity index (χ3v) is 3.09. The van der Waals surface area contributed by atoms with Crippen molar-refractivity contribution in [3.63, 3.8) is 0 Å². The summed E-state index contributed by atoms with van der Waals surface area (Å²) in [6, 6.07) is -0.822. The minimum absolute atomic E-state index is 0.265. The van der Waals surface area contributed by atoms with Crippen LogP contribution >= 0.6 is 11.8 Å². The Labute approximate surface area is 105 Å². The number of aliphatic hydroxyl groups is 1. The average molecular weight is 267 g/mol. The zero-order valence-electron chi connectivity index (χ0n) is 10.0. The minimum Gasteiger partial charge on any atom is -0.480 e. The van der Waals surface area contributed by atoms with E-state index in [9.17, 15) is 9.90 Å². The smallest absolute Gasteiger partial charge is 0.320 e. The zero-order chi connectivity index (χ0) is 13.1. The van der Waals surface area contributed by atoms with Crippen molar-refractivity contribution in [2.75, 3.05) is 38.4 Å². The maximum atomic E-state index is 10.4. The largest absolute Gasteiger partial charge is 0.480 e. The summed E-state index contributed by atoms with van der Waals surface area (Å²) >= 11 is 1.47. The Bertz CT molecular complexity index is 205. The topological polar surface area (TPSA) is 102 Å². The van der Waals surface area contributed by atoms with Gasteiger partial charge in [0.05, 0.1) is 25.9 Å². The van der Waals surface area contributed by atoms with Gasteiger partial charge in [-0.1, -0.05) is 0 Å². The SMILES string of the molecule is COCCOCC(O)CSCC[C@H](N)C(=O)O. The Kier molecular flexibility index (Phi) is 10.6. The molecule has 102 valence electrons. The molecule has 0 amide bonds. The molecule has 7 heteroatoms. The van der Waals surface area contributed by atoms with Gasteiger partial charge in [-0.15, -0.1) is 0 Å². The summed E-state index contributed by atoms with van der Waals surface area (Å²) in [5.41, 5.74) is 5.33. The second-order valence-electron chi connectivity index (χ2n) is 3.53. The lowest BCUT2D eigenvalue weighted by atomic mass is 10.2. The molecule has 0 radical (unpaired) electrons. The van der Waals surface area contributed by atoms with Gasteiger partial charge < -0.3 is 25.4 Å². The van der Waals surface area contributed by atoms with E-state index in [-0.39, 0.29) is 6.61 Å². The number of methoxy groups -OCH3 is 1. The summed E-state index contributed by atoms with van der Waals surface area (Å²) in [6.07, 6.45) is -0.144. The Balaban J connectivity index is 3.32. The van der Waals surface area contributed by atoms with Crippen LogP contribution in [0.4, 0.5) is 0 Å². The standard InChI is InChI=1S/C10H21NO5S/c1-15-3-4-16-6-8(12)7-17-5-2-9(11)10(13)14/h8-9,12H,2-7,11H2,1H3,(H,13,14)/t8?,9-/m0/s1. The molecule has 0 heterocycles. The van der Waals surface area contributed by atoms with Gasteiger partial charge in [-0.25, -0.2) is 0 Å². The van der Waals surface area contributed by atoms with E-state index < -0.39 is 18.1 Å². The van der Waals surface area contributed by atoms with Gasteiger partial charge in [0, 0.05) is 12.9 Å². The Morgan fingerprint density at radius 1 is 1.47 bits per heavy atom. The molecule has 2 atom stereocenters. The van der Waals surface area contributed by atoms with E-state index in [2.05, 4.69) is 0 Å². The Morgan fingerprint density at radius 3 is 2.76 bits per heavy atom. The lowest BCUT2D eigenvalue weighted by molar-refractivity contribution is -0.138. The number of carbonyl (C=O) groups is 1. The first-order valence-electron chi connectivity index (χ1n) is 5.38. The quantitative estimate of drug-likeness (QED) is 0.436. The molecule has 0 aliphatic carbocycles. The van der Waals surface area contributed by atoms with Gasteiger partial charge >= 0.3 is 5.97 Å². The summed E-state index contributed by atoms with van der Waals surface area (Å²) < 4.78 is 9.93. The van der Waals surface area contributed by atoms with Crippen LogP contribution < -0.4 is 5.73 Å². The molecule has 17 heavy (non-hydrogen) atoms. The summed E-state index contributed by atoms with van der Waals surface area (Å²) in [7, 11) is 1.58. The fourth-order valence-electron chi connectivity index (χ4n) is 0.963. The van der Waals surface area contributed by atoms with E-state index in [0.29, 0.717) is 31.1 Å². The van der Waals surface area contributed by atoms with E-state index in [1.807, 2.05) is 0 Å². The van der Waals surface area contributed by atoms with E-state index in [4.69, 9.17) is 20.3 Å². The number of thioether (sulfide) groups is 1. The predicted molar refractivity (Wildman–Crippen MR) is 66.3 cm³/mol. The van der Waals surface area contributed by atoms with Crippen molar-refractivity contribution in [3.05, 3.63) is 0 Å². The van der Waals surface area contributed by atoms with E-state index >= 15 is 0 Å². The fourth-order valence-corrected chi connectivity index (χ4v) is 1.92. The molecular formula is C10H21NO5S. The highest BCUT2D eigenvalue weighted by atomic mass is 32.2. The molecule has 0 aliphatic heterocycles. The number of nitrogens with two attached hydrogens (primary N) is 1. The molecule has 0 bridgehead atoms. The van der Waals surface area contributed by atoms with Crippen LogP contribution in [0.3, 0.4) is 0 Å². The van der Waals surface area contributed by atoms with Crippen molar-refractivity contribution in [2.24, 2.45) is 5.73 Å². The molecule has 0 aliphatic rings. The molecule has 0 aromatic heterocycles. The molecule has 0 aromatic carbocycles. The average Bonchev–Trinajstić information content (AvgIpc) is 2.29. The number of hydrogen-bond acceptors (Lipinski definition) is 6. The summed E-state index contributed by atoms with van der Waals surface area (Å²) in [4.78, 5) is 10.4. The molecule has 4 N–H and O–H groups in total. The van der Waals surface area contributed by atoms with Crippen molar-refractivity contribution >= 4 is 17.7 Å². The number of carboxylic acid groups (broad SMARTS) is 1. The molecule has 6 nitrogen and oxygen atoms in total. The van der Waals surface area contributed by atoms with Crippen molar-refractivity contribution in [1.29, 1.82) is 0 Å². The van der Waals surface area contributed by atoms with E-state index in [1.165, 1.54) is 11.8 Å². The van der Waals surface area contributed by atoms with Crippen molar-refractivity contribution in [1.82, 2.24) is 0 Å². The molecule has 0 spiro atoms. The highest BCUT2D eigenvalue weighted by Gasteiger charge is 2.11. The fraction of sp³-hybridized carbons (Fsp3) is 0.900. The van der Waals surface area contributed by atoms with Gasteiger partial charge in [0.1, 0.15) is 6.04 Å². The third kappa shape index (κ3) is 10.5. The molecule has 0 aromatic rings. The van der Waals surface area contributed by atoms with Crippen LogP contribution in [0.1, 0.15) is 6.42 Å². The van der Waals surface area contributed by atoms with E-state index in [0.717, 1.165) is 0 Å². The van der Waals surface area contributed by atoms with Crippen LogP contribution in [-0.2, 0) is 14.3 Å². The molecule has 0 fully saturated rings. The number of hydrogen-bond donors (Lipinski definition) is 3. The van der Waals surface area contributed by atoms with Crippen molar-refractivity contribution in [3.8, 4) is 0 Å². The number of aliphatic carboxylic acids is 1. The van der Waals surface area contributed by atoms with Gasteiger partial charge in [-0.05, 0) is 12.2 Å². The number of ether oxygens (including phenoxy) is 2. The summed E-state index contributed by atoms with van der Waals surface area (Å²) in [6.45, 7) is 1.23. The number of aliphatic hydroxyl groups excluding tert-OH is 1. The summed E-state index contributed by atoms with van der Waals surface area (Å²) in [5.74, 6) is 0.135. The van der Waals surface area contributed by atoms with Crippen LogP contribution in [0.2, 0.25) is 0 Å². The minimum atomic E-state index is -0.992. The van der Waals surface area contributed by atoms with Gasteiger partial charge in [0.15, 0.2) is 0 Å². The lowest BCUT2D eigenvalue weighted by Crippen LogP contribution is -2.30. The normalized spacial score (nSPS) is 14.5. The molecule has 1 unspecified atom stereocenters. The highest BCUT2D eigenvalue weighted by molar-refractivity contribution is 7.99. The molecular weight excluding hydrogens is 246 g/mol. The van der Waals surface area contributed by atoms with Gasteiger partial charge in [0.2, 0.25) is 0 Å². The Hall–Kier alpha value is -0.340. The monoisotopic (exact) mass is 267 g/mol. The second-order valence-corrected chi connectivity index (χ2v) is 4.68.